The zero-order chi connectivity index (χ0) is 14.6. The Balaban J connectivity index is 2.77. The average Bonchev–Trinajstić information content (AvgIpc) is 2.23. The molecular weight excluding hydrogens is 266 g/mol. The molecule has 0 bridgehead atoms. The average molecular weight is 287 g/mol. The van der Waals surface area contributed by atoms with Crippen LogP contribution in [0.15, 0.2) is 23.1 Å². The van der Waals surface area contributed by atoms with Gasteiger partial charge in [0.05, 0.1) is 11.0 Å². The number of nitrogens with two attached hydrogens (primary N) is 2. The van der Waals surface area contributed by atoms with Gasteiger partial charge in [0.1, 0.15) is 0 Å². The van der Waals surface area contributed by atoms with Crippen LogP contribution < -0.4 is 16.2 Å². The third-order valence-corrected chi connectivity index (χ3v) is 3.44. The monoisotopic (exact) mass is 287 g/mol. The maximum absolute atomic E-state index is 11.3. The second-order valence-corrected chi connectivity index (χ2v) is 6.56. The molecule has 1 atom stereocenters. The molecule has 0 saturated carbocycles. The summed E-state index contributed by atoms with van der Waals surface area (Å²) in [7, 11) is -3.79. The summed E-state index contributed by atoms with van der Waals surface area (Å²) in [6.07, 6.45) is 0.163. The molecule has 0 radical (unpaired) electrons. The zero-order valence-electron chi connectivity index (χ0n) is 11.1. The van der Waals surface area contributed by atoms with E-state index in [4.69, 9.17) is 10.9 Å². The van der Waals surface area contributed by atoms with Crippen LogP contribution in [0.25, 0.3) is 0 Å². The molecule has 0 saturated heterocycles. The maximum Gasteiger partial charge on any atom is 0.238 e. The minimum Gasteiger partial charge on any atom is -0.399 e. The van der Waals surface area contributed by atoms with Gasteiger partial charge in [-0.2, -0.15) is 0 Å². The molecule has 19 heavy (non-hydrogen) atoms. The highest BCUT2D eigenvalue weighted by Gasteiger charge is 2.11. The smallest absolute Gasteiger partial charge is 0.238 e. The Morgan fingerprint density at radius 1 is 1.32 bits per heavy atom. The third-order valence-electron chi connectivity index (χ3n) is 2.54. The molecule has 0 spiro atoms. The predicted molar refractivity (Wildman–Crippen MR) is 76.2 cm³/mol. The number of sulfonamides is 1. The van der Waals surface area contributed by atoms with E-state index in [1.54, 1.807) is 6.07 Å². The fourth-order valence-electron chi connectivity index (χ4n) is 1.75. The minimum atomic E-state index is -3.79. The summed E-state index contributed by atoms with van der Waals surface area (Å²) in [5.41, 5.74) is 6.44. The first-order chi connectivity index (χ1) is 8.68. The molecule has 0 amide bonds. The summed E-state index contributed by atoms with van der Waals surface area (Å²) >= 11 is 0. The van der Waals surface area contributed by atoms with Crippen molar-refractivity contribution in [3.8, 4) is 0 Å². The lowest BCUT2D eigenvalue weighted by atomic mass is 10.1. The van der Waals surface area contributed by atoms with Crippen molar-refractivity contribution in [1.29, 1.82) is 0 Å². The van der Waals surface area contributed by atoms with Gasteiger partial charge in [-0.3, -0.25) is 0 Å². The third kappa shape index (κ3) is 5.46. The van der Waals surface area contributed by atoms with Gasteiger partial charge in [-0.25, -0.2) is 13.6 Å². The second kappa shape index (κ2) is 6.23. The number of aliphatic hydroxyl groups excluding tert-OH is 1. The number of hydrogen-bond acceptors (Lipinski definition) is 5. The van der Waals surface area contributed by atoms with Gasteiger partial charge in [0.25, 0.3) is 0 Å². The van der Waals surface area contributed by atoms with Gasteiger partial charge in [0.2, 0.25) is 10.0 Å². The number of aliphatic hydroxyl groups is 1. The SMILES string of the molecule is CC(C)CC(O)CNc1cc(N)cc(S(N)(=O)=O)c1. The van der Waals surface area contributed by atoms with Gasteiger partial charge in [0.15, 0.2) is 0 Å². The fourth-order valence-corrected chi connectivity index (χ4v) is 2.34. The Kier molecular flexibility index (Phi) is 5.16. The molecule has 0 aromatic heterocycles. The van der Waals surface area contributed by atoms with Gasteiger partial charge in [-0.05, 0) is 30.5 Å². The van der Waals surface area contributed by atoms with E-state index in [0.717, 1.165) is 0 Å². The largest absolute Gasteiger partial charge is 0.399 e. The van der Waals surface area contributed by atoms with Crippen molar-refractivity contribution < 1.29 is 13.5 Å². The van der Waals surface area contributed by atoms with Gasteiger partial charge < -0.3 is 16.2 Å². The van der Waals surface area contributed by atoms with E-state index >= 15 is 0 Å². The topological polar surface area (TPSA) is 118 Å². The molecule has 0 aliphatic heterocycles. The van der Waals surface area contributed by atoms with Gasteiger partial charge in [-0.15, -0.1) is 0 Å². The van der Waals surface area contributed by atoms with Gasteiger partial charge >= 0.3 is 0 Å². The molecule has 1 unspecified atom stereocenters. The summed E-state index contributed by atoms with van der Waals surface area (Å²) in [5, 5.41) is 17.8. The predicted octanol–water partition coefficient (Wildman–Crippen LogP) is 0.735. The molecular formula is C12H21N3O3S. The van der Waals surface area contributed by atoms with E-state index in [9.17, 15) is 13.5 Å². The highest BCUT2D eigenvalue weighted by atomic mass is 32.2. The Morgan fingerprint density at radius 3 is 2.47 bits per heavy atom. The number of benzene rings is 1. The Bertz CT molecular complexity index is 529. The van der Waals surface area contributed by atoms with Crippen molar-refractivity contribution in [3.05, 3.63) is 18.2 Å². The number of anilines is 2. The first-order valence-corrected chi connectivity index (χ1v) is 7.58. The van der Waals surface area contributed by atoms with Crippen molar-refractivity contribution in [1.82, 2.24) is 0 Å². The van der Waals surface area contributed by atoms with Crippen molar-refractivity contribution in [2.75, 3.05) is 17.6 Å². The first kappa shape index (κ1) is 15.7. The van der Waals surface area contributed by atoms with Crippen LogP contribution in [0.1, 0.15) is 20.3 Å². The summed E-state index contributed by atoms with van der Waals surface area (Å²) in [5.74, 6) is 0.387. The Morgan fingerprint density at radius 2 is 1.95 bits per heavy atom. The molecule has 6 nitrogen and oxygen atoms in total. The van der Waals surface area contributed by atoms with E-state index < -0.39 is 16.1 Å². The lowest BCUT2D eigenvalue weighted by molar-refractivity contribution is 0.161. The number of hydrogen-bond donors (Lipinski definition) is 4. The van der Waals surface area contributed by atoms with Crippen LogP contribution in [0.5, 0.6) is 0 Å². The summed E-state index contributed by atoms with van der Waals surface area (Å²) in [6.45, 7) is 4.36. The lowest BCUT2D eigenvalue weighted by Crippen LogP contribution is -2.21. The molecule has 0 aliphatic rings. The van der Waals surface area contributed by atoms with Crippen LogP contribution in [0.4, 0.5) is 11.4 Å². The molecule has 0 heterocycles. The zero-order valence-corrected chi connectivity index (χ0v) is 11.9. The summed E-state index contributed by atoms with van der Waals surface area (Å²) in [4.78, 5) is -0.0478. The first-order valence-electron chi connectivity index (χ1n) is 6.04. The molecule has 7 heteroatoms. The van der Waals surface area contributed by atoms with E-state index in [1.807, 2.05) is 13.8 Å². The molecule has 1 aromatic carbocycles. The Hall–Kier alpha value is -1.31. The van der Waals surface area contributed by atoms with Crippen LogP contribution in [0.2, 0.25) is 0 Å². The quantitative estimate of drug-likeness (QED) is 0.575. The molecule has 0 fully saturated rings. The summed E-state index contributed by atoms with van der Waals surface area (Å²) < 4.78 is 22.5. The van der Waals surface area contributed by atoms with Crippen molar-refractivity contribution in [2.45, 2.75) is 31.3 Å². The highest BCUT2D eigenvalue weighted by molar-refractivity contribution is 7.89. The molecule has 6 N–H and O–H groups in total. The van der Waals surface area contributed by atoms with Crippen molar-refractivity contribution in [2.24, 2.45) is 11.1 Å². The van der Waals surface area contributed by atoms with E-state index in [2.05, 4.69) is 5.32 Å². The lowest BCUT2D eigenvalue weighted by Gasteiger charge is -2.15. The number of rotatable bonds is 6. The van der Waals surface area contributed by atoms with E-state index in [1.165, 1.54) is 12.1 Å². The van der Waals surface area contributed by atoms with Crippen molar-refractivity contribution >= 4 is 21.4 Å². The normalized spacial score (nSPS) is 13.5. The van der Waals surface area contributed by atoms with Crippen LogP contribution in [0, 0.1) is 5.92 Å². The second-order valence-electron chi connectivity index (χ2n) is 5.00. The van der Waals surface area contributed by atoms with Crippen LogP contribution in [0.3, 0.4) is 0 Å². The fraction of sp³-hybridized carbons (Fsp3) is 0.500. The molecule has 0 aliphatic carbocycles. The highest BCUT2D eigenvalue weighted by Crippen LogP contribution is 2.19. The Labute approximate surface area is 113 Å². The van der Waals surface area contributed by atoms with E-state index in [0.29, 0.717) is 30.3 Å². The van der Waals surface area contributed by atoms with Crippen LogP contribution >= 0.6 is 0 Å². The van der Waals surface area contributed by atoms with Crippen LogP contribution in [-0.2, 0) is 10.0 Å². The number of nitrogens with one attached hydrogen (secondary N) is 1. The maximum atomic E-state index is 11.3. The molecule has 108 valence electrons. The number of primary sulfonamides is 1. The van der Waals surface area contributed by atoms with Crippen LogP contribution in [-0.4, -0.2) is 26.2 Å². The summed E-state index contributed by atoms with van der Waals surface area (Å²) in [6, 6.07) is 4.29. The molecule has 1 aromatic rings. The van der Waals surface area contributed by atoms with Crippen molar-refractivity contribution in [3.63, 3.8) is 0 Å². The van der Waals surface area contributed by atoms with Gasteiger partial charge in [0, 0.05) is 17.9 Å². The number of nitrogen functional groups attached to an aromatic ring is 1. The minimum absolute atomic E-state index is 0.0478. The van der Waals surface area contributed by atoms with Gasteiger partial charge in [-0.1, -0.05) is 13.8 Å². The molecule has 1 rings (SSSR count). The standard InChI is InChI=1S/C12H21N3O3S/c1-8(2)3-11(16)7-15-10-4-9(13)5-12(6-10)19(14,17)18/h4-6,8,11,15-16H,3,7,13H2,1-2H3,(H2,14,17,18). The van der Waals surface area contributed by atoms with E-state index in [-0.39, 0.29) is 4.90 Å².